The summed E-state index contributed by atoms with van der Waals surface area (Å²) >= 11 is 1.24. The van der Waals surface area contributed by atoms with E-state index in [0.29, 0.717) is 35.8 Å². The summed E-state index contributed by atoms with van der Waals surface area (Å²) in [5.41, 5.74) is 1.37. The molecule has 4 rings (SSSR count). The lowest BCUT2D eigenvalue weighted by Gasteiger charge is -2.07. The number of rotatable bonds is 4. The van der Waals surface area contributed by atoms with Crippen LogP contribution in [0, 0.1) is 0 Å². The van der Waals surface area contributed by atoms with Crippen molar-refractivity contribution in [3.8, 4) is 11.3 Å². The van der Waals surface area contributed by atoms with Crippen LogP contribution in [-0.2, 0) is 37.4 Å². The number of carbonyl (C=O) groups is 1. The normalized spacial score (nSPS) is 14.5. The maximum Gasteiger partial charge on any atom is 0.435 e. The minimum atomic E-state index is -4.52. The molecular formula is C18H19F3N6OS. The number of aryl methyl sites for hydroxylation is 1. The number of aromatic nitrogens is 5. The van der Waals surface area contributed by atoms with Crippen molar-refractivity contribution in [1.82, 2.24) is 24.5 Å². The lowest BCUT2D eigenvalue weighted by Crippen LogP contribution is -2.21. The second-order valence-electron chi connectivity index (χ2n) is 6.98. The second-order valence-corrected chi connectivity index (χ2v) is 7.84. The van der Waals surface area contributed by atoms with Gasteiger partial charge in [0.1, 0.15) is 6.54 Å². The highest BCUT2D eigenvalue weighted by molar-refractivity contribution is 7.14. The Hall–Kier alpha value is -2.69. The molecule has 0 aliphatic heterocycles. The van der Waals surface area contributed by atoms with E-state index in [1.165, 1.54) is 16.0 Å². The number of alkyl halides is 3. The Balaban J connectivity index is 1.51. The zero-order valence-electron chi connectivity index (χ0n) is 15.7. The topological polar surface area (TPSA) is 77.6 Å². The molecule has 0 unspecified atom stereocenters. The van der Waals surface area contributed by atoms with Gasteiger partial charge in [-0.25, -0.2) is 4.98 Å². The molecule has 29 heavy (non-hydrogen) atoms. The van der Waals surface area contributed by atoms with Crippen molar-refractivity contribution in [3.05, 3.63) is 34.7 Å². The van der Waals surface area contributed by atoms with Gasteiger partial charge >= 0.3 is 6.18 Å². The molecule has 0 bridgehead atoms. The van der Waals surface area contributed by atoms with Crippen LogP contribution in [0.3, 0.4) is 0 Å². The van der Waals surface area contributed by atoms with E-state index in [4.69, 9.17) is 0 Å². The number of hydrogen-bond acceptors (Lipinski definition) is 5. The minimum Gasteiger partial charge on any atom is -0.300 e. The second kappa shape index (κ2) is 7.62. The van der Waals surface area contributed by atoms with Gasteiger partial charge in [0.25, 0.3) is 0 Å². The third-order valence-electron chi connectivity index (χ3n) is 4.82. The van der Waals surface area contributed by atoms with Crippen LogP contribution in [0.1, 0.15) is 36.2 Å². The number of nitrogens with one attached hydrogen (secondary N) is 1. The van der Waals surface area contributed by atoms with Crippen molar-refractivity contribution >= 4 is 22.4 Å². The van der Waals surface area contributed by atoms with E-state index < -0.39 is 17.8 Å². The molecule has 0 aromatic carbocycles. The van der Waals surface area contributed by atoms with Crippen LogP contribution in [0.4, 0.5) is 18.3 Å². The average Bonchev–Trinajstić information content (AvgIpc) is 3.30. The van der Waals surface area contributed by atoms with E-state index in [2.05, 4.69) is 20.5 Å². The number of hydrogen-bond donors (Lipinski definition) is 1. The minimum absolute atomic E-state index is 0.232. The van der Waals surface area contributed by atoms with E-state index in [1.807, 2.05) is 0 Å². The molecule has 3 aromatic rings. The Kier molecular flexibility index (Phi) is 5.15. The highest BCUT2D eigenvalue weighted by Gasteiger charge is 2.39. The first kappa shape index (κ1) is 19.6. The highest BCUT2D eigenvalue weighted by Crippen LogP contribution is 2.35. The van der Waals surface area contributed by atoms with Crippen molar-refractivity contribution in [1.29, 1.82) is 0 Å². The van der Waals surface area contributed by atoms with Crippen LogP contribution in [0.15, 0.2) is 17.8 Å². The number of anilines is 1. The van der Waals surface area contributed by atoms with Gasteiger partial charge < -0.3 is 5.32 Å². The average molecular weight is 424 g/mol. The zero-order valence-corrected chi connectivity index (χ0v) is 16.5. The molecule has 7 nitrogen and oxygen atoms in total. The van der Waals surface area contributed by atoms with Crippen molar-refractivity contribution < 1.29 is 18.0 Å². The van der Waals surface area contributed by atoms with Crippen LogP contribution >= 0.6 is 11.3 Å². The number of nitrogens with zero attached hydrogens (tertiary/aromatic N) is 5. The fraction of sp³-hybridized carbons (Fsp3) is 0.444. The molecular weight excluding hydrogens is 405 g/mol. The molecule has 0 fully saturated rings. The zero-order chi connectivity index (χ0) is 20.6. The first-order valence-electron chi connectivity index (χ1n) is 9.21. The van der Waals surface area contributed by atoms with Gasteiger partial charge in [-0.15, -0.1) is 11.3 Å². The van der Waals surface area contributed by atoms with Crippen LogP contribution in [0.25, 0.3) is 11.3 Å². The molecule has 1 aliphatic rings. The Morgan fingerprint density at radius 3 is 2.79 bits per heavy atom. The molecule has 3 heterocycles. The third kappa shape index (κ3) is 4.19. The van der Waals surface area contributed by atoms with Crippen molar-refractivity contribution in [2.45, 2.75) is 44.8 Å². The maximum absolute atomic E-state index is 13.4. The fourth-order valence-corrected chi connectivity index (χ4v) is 4.25. The molecule has 1 aliphatic carbocycles. The number of amides is 1. The Morgan fingerprint density at radius 1 is 1.28 bits per heavy atom. The Bertz CT molecular complexity index is 1030. The smallest absolute Gasteiger partial charge is 0.300 e. The summed E-state index contributed by atoms with van der Waals surface area (Å²) in [6.07, 6.45) is 2.14. The van der Waals surface area contributed by atoms with Gasteiger partial charge in [-0.1, -0.05) is 6.42 Å². The first-order valence-corrected chi connectivity index (χ1v) is 10.1. The van der Waals surface area contributed by atoms with Gasteiger partial charge in [-0.3, -0.25) is 14.2 Å². The molecule has 0 spiro atoms. The number of halogens is 3. The van der Waals surface area contributed by atoms with E-state index in [1.54, 1.807) is 29.5 Å². The monoisotopic (exact) mass is 424 g/mol. The summed E-state index contributed by atoms with van der Waals surface area (Å²) < 4.78 is 43.0. The number of fused-ring (bicyclic) bond motifs is 1. The maximum atomic E-state index is 13.4. The quantitative estimate of drug-likeness (QED) is 0.649. The summed E-state index contributed by atoms with van der Waals surface area (Å²) in [5, 5.41) is 12.6. The molecule has 3 aromatic heterocycles. The van der Waals surface area contributed by atoms with E-state index in [-0.39, 0.29) is 12.1 Å². The van der Waals surface area contributed by atoms with Crippen LogP contribution < -0.4 is 5.32 Å². The molecule has 0 atom stereocenters. The Labute approximate surface area is 168 Å². The molecule has 0 radical (unpaired) electrons. The van der Waals surface area contributed by atoms with Gasteiger partial charge in [0.05, 0.1) is 11.9 Å². The van der Waals surface area contributed by atoms with Gasteiger partial charge in [-0.05, 0) is 25.7 Å². The standard InChI is InChI=1S/C18H19F3N6OS/c1-26-8-11(7-22-26)13-10-29-17(23-13)24-15(28)9-27-14-6-4-2-3-5-12(14)16(25-27)18(19,20)21/h7-8,10H,2-6,9H2,1H3,(H,23,24,28). The summed E-state index contributed by atoms with van der Waals surface area (Å²) in [7, 11) is 1.79. The van der Waals surface area contributed by atoms with Gasteiger partial charge in [0.2, 0.25) is 5.91 Å². The van der Waals surface area contributed by atoms with Crippen LogP contribution in [0.2, 0.25) is 0 Å². The number of thiazole rings is 1. The van der Waals surface area contributed by atoms with Crippen LogP contribution in [0.5, 0.6) is 0 Å². The van der Waals surface area contributed by atoms with Gasteiger partial charge in [0.15, 0.2) is 10.8 Å². The highest BCUT2D eigenvalue weighted by atomic mass is 32.1. The fourth-order valence-electron chi connectivity index (χ4n) is 3.52. The van der Waals surface area contributed by atoms with Gasteiger partial charge in [-0.2, -0.15) is 23.4 Å². The predicted molar refractivity (Wildman–Crippen MR) is 101 cm³/mol. The summed E-state index contributed by atoms with van der Waals surface area (Å²) in [5.74, 6) is -0.458. The molecule has 1 amide bonds. The molecule has 1 N–H and O–H groups in total. The summed E-state index contributed by atoms with van der Waals surface area (Å²) in [6, 6.07) is 0. The predicted octanol–water partition coefficient (Wildman–Crippen LogP) is 3.67. The lowest BCUT2D eigenvalue weighted by molar-refractivity contribution is -0.142. The van der Waals surface area contributed by atoms with Crippen LogP contribution in [-0.4, -0.2) is 30.5 Å². The molecule has 154 valence electrons. The Morgan fingerprint density at radius 2 is 2.07 bits per heavy atom. The summed E-state index contributed by atoms with van der Waals surface area (Å²) in [4.78, 5) is 16.8. The van der Waals surface area contributed by atoms with E-state index in [0.717, 1.165) is 18.4 Å². The van der Waals surface area contributed by atoms with Crippen molar-refractivity contribution in [2.75, 3.05) is 5.32 Å². The van der Waals surface area contributed by atoms with Crippen molar-refractivity contribution in [2.24, 2.45) is 7.05 Å². The third-order valence-corrected chi connectivity index (χ3v) is 5.58. The van der Waals surface area contributed by atoms with E-state index in [9.17, 15) is 18.0 Å². The SMILES string of the molecule is Cn1cc(-c2csc(NC(=O)Cn3nc(C(F)(F)F)c4c3CCCCC4)n2)cn1. The van der Waals surface area contributed by atoms with E-state index >= 15 is 0 Å². The molecule has 0 saturated heterocycles. The molecule has 0 saturated carbocycles. The summed E-state index contributed by atoms with van der Waals surface area (Å²) in [6.45, 7) is -0.278. The largest absolute Gasteiger partial charge is 0.435 e. The lowest BCUT2D eigenvalue weighted by atomic mass is 10.1. The first-order chi connectivity index (χ1) is 13.8. The van der Waals surface area contributed by atoms with Crippen molar-refractivity contribution in [3.63, 3.8) is 0 Å². The molecule has 11 heteroatoms. The number of carbonyl (C=O) groups excluding carboxylic acids is 1. The van der Waals surface area contributed by atoms with Gasteiger partial charge in [0, 0.05) is 35.4 Å².